The van der Waals surface area contributed by atoms with Crippen molar-refractivity contribution in [2.24, 2.45) is 0 Å². The van der Waals surface area contributed by atoms with Gasteiger partial charge in [0.1, 0.15) is 0 Å². The first kappa shape index (κ1) is 14.0. The minimum absolute atomic E-state index is 0.250. The van der Waals surface area contributed by atoms with E-state index in [0.29, 0.717) is 11.4 Å². The zero-order valence-electron chi connectivity index (χ0n) is 9.97. The summed E-state index contributed by atoms with van der Waals surface area (Å²) in [5.41, 5.74) is 0.774. The second-order valence-corrected chi connectivity index (χ2v) is 5.68. The van der Waals surface area contributed by atoms with Gasteiger partial charge < -0.3 is 5.32 Å². The molecule has 0 fully saturated rings. The molecular formula is C11H13N3O3S. The summed E-state index contributed by atoms with van der Waals surface area (Å²) in [7, 11) is -3.73. The van der Waals surface area contributed by atoms with Gasteiger partial charge in [-0.15, -0.1) is 0 Å². The first-order chi connectivity index (χ1) is 8.35. The summed E-state index contributed by atoms with van der Waals surface area (Å²) >= 11 is 0. The Morgan fingerprint density at radius 2 is 2.00 bits per heavy atom. The van der Waals surface area contributed by atoms with Crippen molar-refractivity contribution in [1.82, 2.24) is 0 Å². The molecule has 0 radical (unpaired) electrons. The summed E-state index contributed by atoms with van der Waals surface area (Å²) in [5.74, 6) is -0.250. The van der Waals surface area contributed by atoms with Crippen LogP contribution in [-0.4, -0.2) is 19.6 Å². The SMILES string of the molecule is CC(=O)Nc1cccc(NS(=O)(=O)C(C)C#N)c1. The van der Waals surface area contributed by atoms with E-state index in [1.54, 1.807) is 18.2 Å². The molecule has 1 aromatic carbocycles. The van der Waals surface area contributed by atoms with Crippen LogP contribution in [0.2, 0.25) is 0 Å². The largest absolute Gasteiger partial charge is 0.326 e. The van der Waals surface area contributed by atoms with Crippen LogP contribution in [0.25, 0.3) is 0 Å². The molecule has 1 aromatic rings. The van der Waals surface area contributed by atoms with Gasteiger partial charge >= 0.3 is 0 Å². The summed E-state index contributed by atoms with van der Waals surface area (Å²) in [6, 6.07) is 7.89. The third-order valence-electron chi connectivity index (χ3n) is 2.09. The molecule has 0 spiro atoms. The summed E-state index contributed by atoms with van der Waals surface area (Å²) < 4.78 is 25.6. The molecule has 1 amide bonds. The maximum atomic E-state index is 11.6. The number of nitrogens with one attached hydrogen (secondary N) is 2. The Morgan fingerprint density at radius 3 is 2.56 bits per heavy atom. The number of amides is 1. The normalized spacial score (nSPS) is 12.3. The number of benzene rings is 1. The van der Waals surface area contributed by atoms with Crippen molar-refractivity contribution in [3.05, 3.63) is 24.3 Å². The van der Waals surface area contributed by atoms with Crippen LogP contribution in [0.1, 0.15) is 13.8 Å². The summed E-state index contributed by atoms with van der Waals surface area (Å²) in [6.45, 7) is 2.65. The van der Waals surface area contributed by atoms with Crippen molar-refractivity contribution in [2.45, 2.75) is 19.1 Å². The third-order valence-corrected chi connectivity index (χ3v) is 3.65. The summed E-state index contributed by atoms with van der Waals surface area (Å²) in [4.78, 5) is 10.9. The van der Waals surface area contributed by atoms with E-state index in [-0.39, 0.29) is 5.91 Å². The fraction of sp³-hybridized carbons (Fsp3) is 0.273. The van der Waals surface area contributed by atoms with Crippen molar-refractivity contribution in [1.29, 1.82) is 5.26 Å². The number of hydrogen-bond donors (Lipinski definition) is 2. The Bertz CT molecular complexity index is 590. The van der Waals surface area contributed by atoms with Gasteiger partial charge in [0.25, 0.3) is 0 Å². The molecule has 1 rings (SSSR count). The lowest BCUT2D eigenvalue weighted by atomic mass is 10.3. The van der Waals surface area contributed by atoms with Gasteiger partial charge in [0, 0.05) is 12.6 Å². The Hall–Kier alpha value is -2.07. The van der Waals surface area contributed by atoms with Crippen LogP contribution < -0.4 is 10.0 Å². The minimum Gasteiger partial charge on any atom is -0.326 e. The lowest BCUT2D eigenvalue weighted by Crippen LogP contribution is -2.23. The fourth-order valence-electron chi connectivity index (χ4n) is 1.19. The van der Waals surface area contributed by atoms with Crippen LogP contribution >= 0.6 is 0 Å². The zero-order valence-corrected chi connectivity index (χ0v) is 10.8. The summed E-state index contributed by atoms with van der Waals surface area (Å²) in [5, 5.41) is 9.98. The van der Waals surface area contributed by atoms with E-state index in [4.69, 9.17) is 5.26 Å². The van der Waals surface area contributed by atoms with Crippen molar-refractivity contribution in [2.75, 3.05) is 10.0 Å². The van der Waals surface area contributed by atoms with Crippen molar-refractivity contribution in [3.63, 3.8) is 0 Å². The van der Waals surface area contributed by atoms with Gasteiger partial charge in [-0.25, -0.2) is 8.42 Å². The molecule has 0 heterocycles. The predicted molar refractivity (Wildman–Crippen MR) is 68.4 cm³/mol. The molecule has 6 nitrogen and oxygen atoms in total. The van der Waals surface area contributed by atoms with Crippen LogP contribution in [0.5, 0.6) is 0 Å². The molecule has 1 atom stereocenters. The average molecular weight is 267 g/mol. The monoisotopic (exact) mass is 267 g/mol. The van der Waals surface area contributed by atoms with Gasteiger partial charge in [-0.1, -0.05) is 6.07 Å². The third kappa shape index (κ3) is 3.75. The standard InChI is InChI=1S/C11H13N3O3S/c1-8(7-12)18(16,17)14-11-5-3-4-10(6-11)13-9(2)15/h3-6,8,14H,1-2H3,(H,13,15). The molecule has 2 N–H and O–H groups in total. The number of hydrogen-bond acceptors (Lipinski definition) is 4. The van der Waals surface area contributed by atoms with Gasteiger partial charge in [-0.2, -0.15) is 5.26 Å². The van der Waals surface area contributed by atoms with Crippen LogP contribution in [-0.2, 0) is 14.8 Å². The van der Waals surface area contributed by atoms with E-state index >= 15 is 0 Å². The number of anilines is 2. The maximum Gasteiger partial charge on any atom is 0.248 e. The molecule has 0 bridgehead atoms. The Morgan fingerprint density at radius 1 is 1.39 bits per heavy atom. The topological polar surface area (TPSA) is 99.1 Å². The van der Waals surface area contributed by atoms with E-state index < -0.39 is 15.3 Å². The molecule has 18 heavy (non-hydrogen) atoms. The Kier molecular flexibility index (Phi) is 4.28. The minimum atomic E-state index is -3.73. The molecular weight excluding hydrogens is 254 g/mol. The van der Waals surface area contributed by atoms with Crippen molar-refractivity contribution >= 4 is 27.3 Å². The first-order valence-corrected chi connectivity index (χ1v) is 6.68. The summed E-state index contributed by atoms with van der Waals surface area (Å²) in [6.07, 6.45) is 0. The molecule has 0 aliphatic heterocycles. The average Bonchev–Trinajstić information content (AvgIpc) is 2.26. The predicted octanol–water partition coefficient (Wildman–Crippen LogP) is 1.30. The van der Waals surface area contributed by atoms with E-state index in [1.165, 1.54) is 26.0 Å². The molecule has 0 aromatic heterocycles. The maximum absolute atomic E-state index is 11.6. The molecule has 0 saturated carbocycles. The quantitative estimate of drug-likeness (QED) is 0.858. The molecule has 96 valence electrons. The van der Waals surface area contributed by atoms with Crippen LogP contribution in [0.3, 0.4) is 0 Å². The lowest BCUT2D eigenvalue weighted by molar-refractivity contribution is -0.114. The Balaban J connectivity index is 2.93. The van der Waals surface area contributed by atoms with Crippen LogP contribution in [0.15, 0.2) is 24.3 Å². The van der Waals surface area contributed by atoms with Gasteiger partial charge in [0.05, 0.1) is 11.8 Å². The lowest BCUT2D eigenvalue weighted by Gasteiger charge is -2.10. The number of rotatable bonds is 4. The van der Waals surface area contributed by atoms with Crippen LogP contribution in [0.4, 0.5) is 11.4 Å². The molecule has 0 aliphatic carbocycles. The number of carbonyl (C=O) groups is 1. The highest BCUT2D eigenvalue weighted by Gasteiger charge is 2.19. The van der Waals surface area contributed by atoms with Gasteiger partial charge in [-0.3, -0.25) is 9.52 Å². The van der Waals surface area contributed by atoms with E-state index in [1.807, 2.05) is 0 Å². The fourth-order valence-corrected chi connectivity index (χ4v) is 1.96. The Labute approximate surface area is 106 Å². The molecule has 1 unspecified atom stereocenters. The molecule has 7 heteroatoms. The van der Waals surface area contributed by atoms with Gasteiger partial charge in [0.2, 0.25) is 15.9 Å². The van der Waals surface area contributed by atoms with Crippen molar-refractivity contribution < 1.29 is 13.2 Å². The zero-order chi connectivity index (χ0) is 13.8. The number of nitrogens with zero attached hydrogens (tertiary/aromatic N) is 1. The number of carbonyl (C=O) groups excluding carboxylic acids is 1. The second kappa shape index (κ2) is 5.51. The smallest absolute Gasteiger partial charge is 0.248 e. The van der Waals surface area contributed by atoms with Gasteiger partial charge in [0.15, 0.2) is 5.25 Å². The van der Waals surface area contributed by atoms with Gasteiger partial charge in [-0.05, 0) is 25.1 Å². The number of sulfonamides is 1. The van der Waals surface area contributed by atoms with E-state index in [0.717, 1.165) is 0 Å². The molecule has 0 aliphatic rings. The highest BCUT2D eigenvalue weighted by molar-refractivity contribution is 7.93. The molecule has 0 saturated heterocycles. The highest BCUT2D eigenvalue weighted by atomic mass is 32.2. The van der Waals surface area contributed by atoms with E-state index in [9.17, 15) is 13.2 Å². The van der Waals surface area contributed by atoms with Crippen LogP contribution in [0, 0.1) is 11.3 Å². The first-order valence-electron chi connectivity index (χ1n) is 5.14. The van der Waals surface area contributed by atoms with Crippen molar-refractivity contribution in [3.8, 4) is 6.07 Å². The van der Waals surface area contributed by atoms with E-state index in [2.05, 4.69) is 10.0 Å². The number of nitriles is 1. The second-order valence-electron chi connectivity index (χ2n) is 3.68. The highest BCUT2D eigenvalue weighted by Crippen LogP contribution is 2.17.